The van der Waals surface area contributed by atoms with Gasteiger partial charge in [-0.3, -0.25) is 4.98 Å². The lowest BCUT2D eigenvalue weighted by Gasteiger charge is -2.39. The Hall–Kier alpha value is -0.713. The van der Waals surface area contributed by atoms with Crippen LogP contribution in [0.15, 0.2) is 18.3 Å². The number of pyridine rings is 1. The van der Waals surface area contributed by atoms with Crippen molar-refractivity contribution in [3.8, 4) is 0 Å². The summed E-state index contributed by atoms with van der Waals surface area (Å²) >= 11 is 0. The Bertz CT molecular complexity index is 468. The molecule has 0 bridgehead atoms. The summed E-state index contributed by atoms with van der Waals surface area (Å²) in [4.78, 5) is 4.35. The Morgan fingerprint density at radius 2 is 2.05 bits per heavy atom. The standard InChI is InChI=1S/C16H27NO2Si/c1-16(2,3)20(4,5)19-13-9-8-12-7-6-10-17-15(12)14(18)11-13/h6-7,10,13-14,18H,8-9,11H2,1-5H3/t13-,14-/m1/s1. The molecule has 112 valence electrons. The molecule has 1 N–H and O–H groups in total. The predicted molar refractivity (Wildman–Crippen MR) is 84.2 cm³/mol. The van der Waals surface area contributed by atoms with E-state index < -0.39 is 14.4 Å². The third-order valence-electron chi connectivity index (χ3n) is 4.73. The maximum absolute atomic E-state index is 10.4. The molecule has 3 nitrogen and oxygen atoms in total. The number of hydrogen-bond acceptors (Lipinski definition) is 3. The van der Waals surface area contributed by atoms with Gasteiger partial charge in [-0.2, -0.15) is 0 Å². The molecule has 0 saturated carbocycles. The van der Waals surface area contributed by atoms with Crippen LogP contribution in [0.3, 0.4) is 0 Å². The molecule has 2 atom stereocenters. The zero-order valence-electron chi connectivity index (χ0n) is 13.3. The lowest BCUT2D eigenvalue weighted by atomic mass is 10.1. The van der Waals surface area contributed by atoms with Gasteiger partial charge in [0.25, 0.3) is 0 Å². The van der Waals surface area contributed by atoms with E-state index in [4.69, 9.17) is 4.43 Å². The van der Waals surface area contributed by atoms with Crippen molar-refractivity contribution in [3.05, 3.63) is 29.6 Å². The summed E-state index contributed by atoms with van der Waals surface area (Å²) in [7, 11) is -1.78. The number of hydrogen-bond donors (Lipinski definition) is 1. The summed E-state index contributed by atoms with van der Waals surface area (Å²) in [6.07, 6.45) is 3.98. The monoisotopic (exact) mass is 293 g/mol. The fourth-order valence-electron chi connectivity index (χ4n) is 2.46. The summed E-state index contributed by atoms with van der Waals surface area (Å²) in [5.41, 5.74) is 2.01. The molecule has 20 heavy (non-hydrogen) atoms. The summed E-state index contributed by atoms with van der Waals surface area (Å²) in [6, 6.07) is 4.01. The Morgan fingerprint density at radius 1 is 1.35 bits per heavy atom. The number of nitrogens with zero attached hydrogens (tertiary/aromatic N) is 1. The predicted octanol–water partition coefficient (Wildman–Crippen LogP) is 3.84. The summed E-state index contributed by atoms with van der Waals surface area (Å²) in [5.74, 6) is 0. The number of aryl methyl sites for hydroxylation is 1. The van der Waals surface area contributed by atoms with E-state index in [0.717, 1.165) is 18.5 Å². The van der Waals surface area contributed by atoms with Crippen LogP contribution in [0.1, 0.15) is 51.0 Å². The second kappa shape index (κ2) is 5.58. The molecule has 0 amide bonds. The van der Waals surface area contributed by atoms with E-state index >= 15 is 0 Å². The van der Waals surface area contributed by atoms with Crippen molar-refractivity contribution in [2.75, 3.05) is 0 Å². The molecule has 1 aliphatic carbocycles. The van der Waals surface area contributed by atoms with Crippen LogP contribution in [0.2, 0.25) is 18.1 Å². The molecule has 0 saturated heterocycles. The van der Waals surface area contributed by atoms with Crippen LogP contribution in [0, 0.1) is 0 Å². The summed E-state index contributed by atoms with van der Waals surface area (Å²) < 4.78 is 6.48. The van der Waals surface area contributed by atoms with Crippen LogP contribution < -0.4 is 0 Å². The first-order valence-electron chi connectivity index (χ1n) is 7.50. The number of aliphatic hydroxyl groups is 1. The van der Waals surface area contributed by atoms with Crippen LogP contribution in [0.5, 0.6) is 0 Å². The summed E-state index contributed by atoms with van der Waals surface area (Å²) in [6.45, 7) is 11.3. The molecular weight excluding hydrogens is 266 g/mol. The van der Waals surface area contributed by atoms with Gasteiger partial charge < -0.3 is 9.53 Å². The average Bonchev–Trinajstić information content (AvgIpc) is 2.48. The van der Waals surface area contributed by atoms with E-state index in [1.165, 1.54) is 5.56 Å². The first-order valence-corrected chi connectivity index (χ1v) is 10.4. The fraction of sp³-hybridized carbons (Fsp3) is 0.688. The molecule has 1 aromatic heterocycles. The van der Waals surface area contributed by atoms with Gasteiger partial charge in [-0.1, -0.05) is 26.8 Å². The van der Waals surface area contributed by atoms with Gasteiger partial charge in [-0.15, -0.1) is 0 Å². The van der Waals surface area contributed by atoms with Gasteiger partial charge in [-0.05, 0) is 42.6 Å². The lowest BCUT2D eigenvalue weighted by Crippen LogP contribution is -2.44. The highest BCUT2D eigenvalue weighted by molar-refractivity contribution is 6.74. The van der Waals surface area contributed by atoms with E-state index in [-0.39, 0.29) is 11.1 Å². The second-order valence-corrected chi connectivity index (χ2v) is 12.1. The quantitative estimate of drug-likeness (QED) is 0.665. The SMILES string of the molecule is CC(C)(C)[Si](C)(C)O[C@@H]1CCc2cccnc2[C@H](O)C1. The molecule has 0 unspecified atom stereocenters. The highest BCUT2D eigenvalue weighted by atomic mass is 28.4. The third-order valence-corrected chi connectivity index (χ3v) is 9.27. The topological polar surface area (TPSA) is 42.4 Å². The molecule has 0 fully saturated rings. The minimum atomic E-state index is -1.78. The minimum absolute atomic E-state index is 0.139. The van der Waals surface area contributed by atoms with Gasteiger partial charge in [0.05, 0.1) is 11.8 Å². The van der Waals surface area contributed by atoms with E-state index in [9.17, 15) is 5.11 Å². The number of fused-ring (bicyclic) bond motifs is 1. The van der Waals surface area contributed by atoms with Crippen LogP contribution in [-0.4, -0.2) is 24.5 Å². The van der Waals surface area contributed by atoms with Crippen LogP contribution in [0.4, 0.5) is 0 Å². The first kappa shape index (κ1) is 15.7. The molecular formula is C16H27NO2Si. The highest BCUT2D eigenvalue weighted by Gasteiger charge is 2.40. The Morgan fingerprint density at radius 3 is 2.70 bits per heavy atom. The third kappa shape index (κ3) is 3.30. The molecule has 2 rings (SSSR count). The number of aliphatic hydroxyl groups excluding tert-OH is 1. The largest absolute Gasteiger partial charge is 0.414 e. The molecule has 1 heterocycles. The van der Waals surface area contributed by atoms with Gasteiger partial charge in [0.2, 0.25) is 0 Å². The molecule has 0 spiro atoms. The van der Waals surface area contributed by atoms with E-state index in [2.05, 4.69) is 44.9 Å². The number of rotatable bonds is 2. The van der Waals surface area contributed by atoms with Crippen LogP contribution in [0.25, 0.3) is 0 Å². The molecule has 0 radical (unpaired) electrons. The van der Waals surface area contributed by atoms with Gasteiger partial charge in [-0.25, -0.2) is 0 Å². The first-order chi connectivity index (χ1) is 9.21. The zero-order valence-corrected chi connectivity index (χ0v) is 14.3. The highest BCUT2D eigenvalue weighted by Crippen LogP contribution is 2.39. The Balaban J connectivity index is 2.12. The normalized spacial score (nSPS) is 24.1. The second-order valence-electron chi connectivity index (χ2n) is 7.34. The fourth-order valence-corrected chi connectivity index (χ4v) is 3.86. The van der Waals surface area contributed by atoms with E-state index in [1.54, 1.807) is 6.20 Å². The summed E-state index contributed by atoms with van der Waals surface area (Å²) in [5, 5.41) is 10.6. The van der Waals surface area contributed by atoms with Crippen molar-refractivity contribution in [2.45, 2.75) is 70.4 Å². The maximum atomic E-state index is 10.4. The van der Waals surface area contributed by atoms with E-state index in [0.29, 0.717) is 6.42 Å². The van der Waals surface area contributed by atoms with Gasteiger partial charge in [0, 0.05) is 18.7 Å². The minimum Gasteiger partial charge on any atom is -0.414 e. The van der Waals surface area contributed by atoms with Gasteiger partial charge >= 0.3 is 0 Å². The lowest BCUT2D eigenvalue weighted by molar-refractivity contribution is 0.0852. The number of aromatic nitrogens is 1. The Labute approximate surface area is 123 Å². The molecule has 4 heteroatoms. The van der Waals surface area contributed by atoms with Crippen molar-refractivity contribution >= 4 is 8.32 Å². The molecule has 1 aliphatic rings. The van der Waals surface area contributed by atoms with Crippen molar-refractivity contribution < 1.29 is 9.53 Å². The molecule has 1 aromatic rings. The van der Waals surface area contributed by atoms with Crippen molar-refractivity contribution in [2.24, 2.45) is 0 Å². The van der Waals surface area contributed by atoms with Crippen LogP contribution in [-0.2, 0) is 10.8 Å². The van der Waals surface area contributed by atoms with Crippen molar-refractivity contribution in [1.82, 2.24) is 4.98 Å². The van der Waals surface area contributed by atoms with Gasteiger partial charge in [0.15, 0.2) is 8.32 Å². The molecule has 0 aliphatic heterocycles. The van der Waals surface area contributed by atoms with Crippen molar-refractivity contribution in [1.29, 1.82) is 0 Å². The zero-order chi connectivity index (χ0) is 15.0. The Kier molecular flexibility index (Phi) is 4.37. The maximum Gasteiger partial charge on any atom is 0.192 e. The van der Waals surface area contributed by atoms with Gasteiger partial charge in [0.1, 0.15) is 0 Å². The van der Waals surface area contributed by atoms with Crippen molar-refractivity contribution in [3.63, 3.8) is 0 Å². The van der Waals surface area contributed by atoms with E-state index in [1.807, 2.05) is 6.07 Å². The average molecular weight is 293 g/mol. The smallest absolute Gasteiger partial charge is 0.192 e. The molecule has 0 aromatic carbocycles. The van der Waals surface area contributed by atoms with Crippen LogP contribution >= 0.6 is 0 Å².